The van der Waals surface area contributed by atoms with E-state index in [0.717, 1.165) is 39.7 Å². The summed E-state index contributed by atoms with van der Waals surface area (Å²) < 4.78 is 1.79. The molecular formula is C16H14Br2N2O. The highest BCUT2D eigenvalue weighted by Crippen LogP contribution is 2.27. The minimum absolute atomic E-state index is 0.0952. The fourth-order valence-electron chi connectivity index (χ4n) is 2.40. The molecular weight excluding hydrogens is 396 g/mol. The summed E-state index contributed by atoms with van der Waals surface area (Å²) in [5, 5.41) is 6.29. The van der Waals surface area contributed by atoms with Gasteiger partial charge in [-0.25, -0.2) is 0 Å². The molecule has 0 unspecified atom stereocenters. The Morgan fingerprint density at radius 2 is 2.00 bits per heavy atom. The molecule has 0 aromatic heterocycles. The van der Waals surface area contributed by atoms with Crippen LogP contribution in [0.3, 0.4) is 0 Å². The van der Waals surface area contributed by atoms with Crippen LogP contribution in [0.4, 0.5) is 11.4 Å². The summed E-state index contributed by atoms with van der Waals surface area (Å²) in [5.41, 5.74) is 3.79. The summed E-state index contributed by atoms with van der Waals surface area (Å²) in [6, 6.07) is 11.5. The topological polar surface area (TPSA) is 41.1 Å². The second kappa shape index (κ2) is 6.20. The van der Waals surface area contributed by atoms with Gasteiger partial charge < -0.3 is 10.6 Å². The standard InChI is InChI=1S/C16H14Br2N2O/c17-12-4-5-13(18)15(9-12)20-16(21)11-3-6-14-10(8-11)2-1-7-19-14/h3-6,8-9,19H,1-2,7H2,(H,20,21). The van der Waals surface area contributed by atoms with Gasteiger partial charge in [0, 0.05) is 26.7 Å². The van der Waals surface area contributed by atoms with Gasteiger partial charge in [-0.15, -0.1) is 0 Å². The van der Waals surface area contributed by atoms with Crippen molar-refractivity contribution in [2.45, 2.75) is 12.8 Å². The zero-order valence-electron chi connectivity index (χ0n) is 11.2. The Bertz CT molecular complexity index is 701. The Morgan fingerprint density at radius 1 is 1.14 bits per heavy atom. The number of rotatable bonds is 2. The van der Waals surface area contributed by atoms with Crippen molar-refractivity contribution in [1.82, 2.24) is 0 Å². The van der Waals surface area contributed by atoms with E-state index in [1.807, 2.05) is 36.4 Å². The lowest BCUT2D eigenvalue weighted by Crippen LogP contribution is -2.15. The third-order valence-electron chi connectivity index (χ3n) is 3.48. The lowest BCUT2D eigenvalue weighted by atomic mass is 10.0. The maximum absolute atomic E-state index is 12.4. The average molecular weight is 410 g/mol. The average Bonchev–Trinajstić information content (AvgIpc) is 2.50. The zero-order valence-corrected chi connectivity index (χ0v) is 14.4. The summed E-state index contributed by atoms with van der Waals surface area (Å²) in [5.74, 6) is -0.0952. The monoisotopic (exact) mass is 408 g/mol. The lowest BCUT2D eigenvalue weighted by Gasteiger charge is -2.18. The van der Waals surface area contributed by atoms with E-state index >= 15 is 0 Å². The molecule has 2 N–H and O–H groups in total. The predicted octanol–water partition coefficient (Wildman–Crippen LogP) is 4.82. The number of hydrogen-bond donors (Lipinski definition) is 2. The number of carbonyl (C=O) groups excluding carboxylic acids is 1. The zero-order chi connectivity index (χ0) is 14.8. The van der Waals surface area contributed by atoms with Crippen LogP contribution in [-0.2, 0) is 6.42 Å². The Hall–Kier alpha value is -1.33. The van der Waals surface area contributed by atoms with Gasteiger partial charge in [-0.1, -0.05) is 15.9 Å². The lowest BCUT2D eigenvalue weighted by molar-refractivity contribution is 0.102. The van der Waals surface area contributed by atoms with E-state index in [1.165, 1.54) is 5.56 Å². The van der Waals surface area contributed by atoms with Crippen LogP contribution in [0, 0.1) is 0 Å². The first-order valence-electron chi connectivity index (χ1n) is 6.77. The van der Waals surface area contributed by atoms with Crippen molar-refractivity contribution in [3.63, 3.8) is 0 Å². The molecule has 1 amide bonds. The van der Waals surface area contributed by atoms with E-state index in [0.29, 0.717) is 5.56 Å². The van der Waals surface area contributed by atoms with Crippen molar-refractivity contribution in [1.29, 1.82) is 0 Å². The van der Waals surface area contributed by atoms with Gasteiger partial charge in [0.25, 0.3) is 5.91 Å². The van der Waals surface area contributed by atoms with Gasteiger partial charge >= 0.3 is 0 Å². The summed E-state index contributed by atoms with van der Waals surface area (Å²) in [4.78, 5) is 12.4. The van der Waals surface area contributed by atoms with Crippen LogP contribution >= 0.6 is 31.9 Å². The number of anilines is 2. The van der Waals surface area contributed by atoms with Crippen LogP contribution < -0.4 is 10.6 Å². The number of fused-ring (bicyclic) bond motifs is 1. The van der Waals surface area contributed by atoms with Crippen molar-refractivity contribution in [2.24, 2.45) is 0 Å². The number of amides is 1. The summed E-state index contributed by atoms with van der Waals surface area (Å²) in [6.07, 6.45) is 2.12. The van der Waals surface area contributed by atoms with Crippen LogP contribution in [-0.4, -0.2) is 12.5 Å². The van der Waals surface area contributed by atoms with Gasteiger partial charge in [0.2, 0.25) is 0 Å². The highest BCUT2D eigenvalue weighted by atomic mass is 79.9. The second-order valence-corrected chi connectivity index (χ2v) is 6.75. The fraction of sp³-hybridized carbons (Fsp3) is 0.188. The van der Waals surface area contributed by atoms with Crippen LogP contribution in [0.1, 0.15) is 22.3 Å². The molecule has 5 heteroatoms. The van der Waals surface area contributed by atoms with Gasteiger partial charge in [0.15, 0.2) is 0 Å². The molecule has 21 heavy (non-hydrogen) atoms. The fourth-order valence-corrected chi connectivity index (χ4v) is 3.11. The molecule has 108 valence electrons. The molecule has 1 aliphatic rings. The highest BCUT2D eigenvalue weighted by molar-refractivity contribution is 9.11. The maximum Gasteiger partial charge on any atom is 0.255 e. The number of hydrogen-bond acceptors (Lipinski definition) is 2. The quantitative estimate of drug-likeness (QED) is 0.746. The molecule has 0 radical (unpaired) electrons. The van der Waals surface area contributed by atoms with Gasteiger partial charge in [-0.2, -0.15) is 0 Å². The number of benzene rings is 2. The Balaban J connectivity index is 1.83. The van der Waals surface area contributed by atoms with E-state index in [1.54, 1.807) is 0 Å². The van der Waals surface area contributed by atoms with E-state index < -0.39 is 0 Å². The first-order valence-corrected chi connectivity index (χ1v) is 8.35. The molecule has 1 aliphatic heterocycles. The summed E-state index contributed by atoms with van der Waals surface area (Å²) in [6.45, 7) is 1.00. The van der Waals surface area contributed by atoms with Crippen molar-refractivity contribution in [2.75, 3.05) is 17.2 Å². The number of carbonyl (C=O) groups is 1. The molecule has 0 saturated carbocycles. The molecule has 0 spiro atoms. The SMILES string of the molecule is O=C(Nc1cc(Br)ccc1Br)c1ccc2c(c1)CCCN2. The first kappa shape index (κ1) is 14.6. The number of aryl methyl sites for hydroxylation is 1. The summed E-state index contributed by atoms with van der Waals surface area (Å²) in [7, 11) is 0. The van der Waals surface area contributed by atoms with Gasteiger partial charge in [0.05, 0.1) is 5.69 Å². The van der Waals surface area contributed by atoms with Crippen LogP contribution in [0.15, 0.2) is 45.3 Å². The summed E-state index contributed by atoms with van der Waals surface area (Å²) >= 11 is 6.86. The van der Waals surface area contributed by atoms with Gasteiger partial charge in [-0.3, -0.25) is 4.79 Å². The van der Waals surface area contributed by atoms with Crippen LogP contribution in [0.5, 0.6) is 0 Å². The van der Waals surface area contributed by atoms with Crippen LogP contribution in [0.2, 0.25) is 0 Å². The van der Waals surface area contributed by atoms with Gasteiger partial charge in [0.1, 0.15) is 0 Å². The normalized spacial score (nSPS) is 13.2. The van der Waals surface area contributed by atoms with Crippen molar-refractivity contribution < 1.29 is 4.79 Å². The largest absolute Gasteiger partial charge is 0.385 e. The van der Waals surface area contributed by atoms with E-state index in [4.69, 9.17) is 0 Å². The Labute approximate surface area is 140 Å². The number of halogens is 2. The molecule has 2 aromatic rings. The molecule has 0 bridgehead atoms. The molecule has 0 aliphatic carbocycles. The number of nitrogens with one attached hydrogen (secondary N) is 2. The van der Waals surface area contributed by atoms with Crippen molar-refractivity contribution in [3.8, 4) is 0 Å². The second-order valence-electron chi connectivity index (χ2n) is 4.98. The molecule has 2 aromatic carbocycles. The molecule has 1 heterocycles. The minimum atomic E-state index is -0.0952. The Morgan fingerprint density at radius 3 is 2.86 bits per heavy atom. The molecule has 0 atom stereocenters. The smallest absolute Gasteiger partial charge is 0.255 e. The minimum Gasteiger partial charge on any atom is -0.385 e. The van der Waals surface area contributed by atoms with Crippen LogP contribution in [0.25, 0.3) is 0 Å². The predicted molar refractivity (Wildman–Crippen MR) is 93.0 cm³/mol. The third-order valence-corrected chi connectivity index (χ3v) is 4.67. The third kappa shape index (κ3) is 3.30. The first-order chi connectivity index (χ1) is 10.1. The molecule has 3 nitrogen and oxygen atoms in total. The molecule has 3 rings (SSSR count). The van der Waals surface area contributed by atoms with Gasteiger partial charge in [-0.05, 0) is 70.7 Å². The van der Waals surface area contributed by atoms with Crippen molar-refractivity contribution >= 4 is 49.1 Å². The molecule has 0 fully saturated rings. The Kier molecular flexibility index (Phi) is 4.31. The van der Waals surface area contributed by atoms with Crippen molar-refractivity contribution in [3.05, 3.63) is 56.5 Å². The van der Waals surface area contributed by atoms with E-state index in [2.05, 4.69) is 42.5 Å². The highest BCUT2D eigenvalue weighted by Gasteiger charge is 2.13. The molecule has 0 saturated heterocycles. The van der Waals surface area contributed by atoms with E-state index in [9.17, 15) is 4.79 Å². The van der Waals surface area contributed by atoms with E-state index in [-0.39, 0.29) is 5.91 Å². The maximum atomic E-state index is 12.4.